The van der Waals surface area contributed by atoms with Crippen molar-refractivity contribution in [1.82, 2.24) is 0 Å². The van der Waals surface area contributed by atoms with Crippen LogP contribution in [0.4, 0.5) is 9.59 Å². The zero-order chi connectivity index (χ0) is 12.8. The minimum atomic E-state index is -1.15. The molecule has 1 aliphatic rings. The van der Waals surface area contributed by atoms with Crippen molar-refractivity contribution in [2.24, 2.45) is 0 Å². The van der Waals surface area contributed by atoms with Gasteiger partial charge in [-0.15, -0.1) is 0 Å². The van der Waals surface area contributed by atoms with Gasteiger partial charge in [-0.05, 0) is 6.92 Å². The summed E-state index contributed by atoms with van der Waals surface area (Å²) >= 11 is 0. The highest BCUT2D eigenvalue weighted by Crippen LogP contribution is 2.08. The van der Waals surface area contributed by atoms with Gasteiger partial charge >= 0.3 is 18.3 Å². The Balaban J connectivity index is 2.15. The molecule has 8 nitrogen and oxygen atoms in total. The number of carbonyl (C=O) groups is 3. The lowest BCUT2D eigenvalue weighted by Crippen LogP contribution is -2.22. The van der Waals surface area contributed by atoms with Gasteiger partial charge in [-0.3, -0.25) is 0 Å². The van der Waals surface area contributed by atoms with E-state index in [9.17, 15) is 14.4 Å². The van der Waals surface area contributed by atoms with Crippen LogP contribution in [0, 0.1) is 0 Å². The lowest BCUT2D eigenvalue weighted by Gasteiger charge is -2.09. The van der Waals surface area contributed by atoms with E-state index in [1.165, 1.54) is 6.92 Å². The molecule has 0 aromatic rings. The molecule has 1 fully saturated rings. The average Bonchev–Trinajstić information content (AvgIpc) is 2.63. The first-order chi connectivity index (χ1) is 7.99. The van der Waals surface area contributed by atoms with Crippen molar-refractivity contribution >= 4 is 18.3 Å². The molecule has 94 valence electrons. The van der Waals surface area contributed by atoms with Crippen LogP contribution in [0.1, 0.15) is 6.92 Å². The normalized spacial score (nSPS) is 17.7. The summed E-state index contributed by atoms with van der Waals surface area (Å²) in [6.07, 6.45) is -3.23. The van der Waals surface area contributed by atoms with Gasteiger partial charge in [0.15, 0.2) is 6.61 Å². The summed E-state index contributed by atoms with van der Waals surface area (Å²) in [6.45, 7) is 3.94. The molecule has 1 aliphatic heterocycles. The Bertz CT molecular complexity index is 347. The van der Waals surface area contributed by atoms with Crippen LogP contribution in [0.5, 0.6) is 0 Å². The molecule has 0 bridgehead atoms. The van der Waals surface area contributed by atoms with E-state index in [4.69, 9.17) is 0 Å². The molecule has 8 heteroatoms. The third-order valence-corrected chi connectivity index (χ3v) is 1.51. The van der Waals surface area contributed by atoms with Crippen LogP contribution in [-0.4, -0.2) is 38.0 Å². The molecule has 0 aromatic heterocycles. The molecule has 1 heterocycles. The van der Waals surface area contributed by atoms with Crippen molar-refractivity contribution in [3.05, 3.63) is 12.2 Å². The molecule has 1 unspecified atom stereocenters. The van der Waals surface area contributed by atoms with E-state index in [1.54, 1.807) is 0 Å². The van der Waals surface area contributed by atoms with E-state index in [0.717, 1.165) is 0 Å². The largest absolute Gasteiger partial charge is 0.514 e. The summed E-state index contributed by atoms with van der Waals surface area (Å²) in [4.78, 5) is 32.3. The Labute approximate surface area is 96.0 Å². The van der Waals surface area contributed by atoms with E-state index >= 15 is 0 Å². The Morgan fingerprint density at radius 3 is 2.71 bits per heavy atom. The summed E-state index contributed by atoms with van der Waals surface area (Å²) in [5.41, 5.74) is 0.167. The summed E-state index contributed by atoms with van der Waals surface area (Å²) in [5.74, 6) is -0.701. The second kappa shape index (κ2) is 5.73. The maximum absolute atomic E-state index is 11.0. The molecular formula is C9H10O8. The molecule has 1 atom stereocenters. The molecule has 0 radical (unpaired) electrons. The predicted molar refractivity (Wildman–Crippen MR) is 49.6 cm³/mol. The standard InChI is InChI=1S/C9H10O8/c1-5(2)7(10)14-4-15-9(12)17-6-3-13-8(11)16-6/h6H,1,3-4H2,2H3. The van der Waals surface area contributed by atoms with Gasteiger partial charge in [-0.25, -0.2) is 14.4 Å². The van der Waals surface area contributed by atoms with Gasteiger partial charge in [-0.1, -0.05) is 6.58 Å². The highest BCUT2D eigenvalue weighted by Gasteiger charge is 2.29. The van der Waals surface area contributed by atoms with Crippen molar-refractivity contribution in [1.29, 1.82) is 0 Å². The van der Waals surface area contributed by atoms with E-state index in [0.29, 0.717) is 0 Å². The number of hydrogen-bond donors (Lipinski definition) is 0. The molecule has 0 N–H and O–H groups in total. The maximum Gasteiger partial charge on any atom is 0.514 e. The first-order valence-corrected chi connectivity index (χ1v) is 4.48. The van der Waals surface area contributed by atoms with E-state index < -0.39 is 31.4 Å². The van der Waals surface area contributed by atoms with Gasteiger partial charge in [0.05, 0.1) is 0 Å². The predicted octanol–water partition coefficient (Wildman–Crippen LogP) is 0.709. The first kappa shape index (κ1) is 12.8. The Kier molecular flexibility index (Phi) is 4.32. The van der Waals surface area contributed by atoms with Crippen molar-refractivity contribution in [3.8, 4) is 0 Å². The van der Waals surface area contributed by atoms with Crippen molar-refractivity contribution in [2.45, 2.75) is 13.2 Å². The summed E-state index contributed by atoms with van der Waals surface area (Å²) in [7, 11) is 0. The second-order valence-corrected chi connectivity index (χ2v) is 2.95. The van der Waals surface area contributed by atoms with E-state index in [1.807, 2.05) is 0 Å². The lowest BCUT2D eigenvalue weighted by atomic mass is 10.4. The quantitative estimate of drug-likeness (QED) is 0.309. The zero-order valence-corrected chi connectivity index (χ0v) is 8.96. The Hall–Kier alpha value is -2.25. The highest BCUT2D eigenvalue weighted by atomic mass is 16.9. The SMILES string of the molecule is C=C(C)C(=O)OCOC(=O)OC1COC(=O)O1. The maximum atomic E-state index is 11.0. The monoisotopic (exact) mass is 246 g/mol. The number of hydrogen-bond acceptors (Lipinski definition) is 8. The molecule has 17 heavy (non-hydrogen) atoms. The summed E-state index contributed by atoms with van der Waals surface area (Å²) < 4.78 is 22.0. The zero-order valence-electron chi connectivity index (χ0n) is 8.96. The minimum Gasteiger partial charge on any atom is -0.426 e. The smallest absolute Gasteiger partial charge is 0.426 e. The Morgan fingerprint density at radius 1 is 1.47 bits per heavy atom. The number of carbonyl (C=O) groups excluding carboxylic acids is 3. The van der Waals surface area contributed by atoms with Crippen LogP contribution >= 0.6 is 0 Å². The average molecular weight is 246 g/mol. The fraction of sp³-hybridized carbons (Fsp3) is 0.444. The molecule has 0 saturated carbocycles. The number of cyclic esters (lactones) is 2. The van der Waals surface area contributed by atoms with Crippen LogP contribution < -0.4 is 0 Å². The van der Waals surface area contributed by atoms with Crippen molar-refractivity contribution in [3.63, 3.8) is 0 Å². The Morgan fingerprint density at radius 2 is 2.18 bits per heavy atom. The second-order valence-electron chi connectivity index (χ2n) is 2.95. The molecule has 0 spiro atoms. The third kappa shape index (κ3) is 4.41. The first-order valence-electron chi connectivity index (χ1n) is 4.48. The van der Waals surface area contributed by atoms with Gasteiger partial charge in [-0.2, -0.15) is 0 Å². The van der Waals surface area contributed by atoms with Crippen LogP contribution in [0.15, 0.2) is 12.2 Å². The van der Waals surface area contributed by atoms with Gasteiger partial charge in [0.1, 0.15) is 0 Å². The summed E-state index contributed by atoms with van der Waals surface area (Å²) in [5, 5.41) is 0. The fourth-order valence-corrected chi connectivity index (χ4v) is 0.765. The molecule has 0 aromatic carbocycles. The fourth-order valence-electron chi connectivity index (χ4n) is 0.765. The number of esters is 1. The molecular weight excluding hydrogens is 236 g/mol. The number of ether oxygens (including phenoxy) is 5. The molecule has 1 saturated heterocycles. The number of rotatable bonds is 4. The van der Waals surface area contributed by atoms with Gasteiger partial charge in [0, 0.05) is 5.57 Å². The summed E-state index contributed by atoms with van der Waals surface area (Å²) in [6, 6.07) is 0. The van der Waals surface area contributed by atoms with Gasteiger partial charge < -0.3 is 23.7 Å². The van der Waals surface area contributed by atoms with Gasteiger partial charge in [0.25, 0.3) is 6.29 Å². The van der Waals surface area contributed by atoms with E-state index in [2.05, 4.69) is 30.3 Å². The van der Waals surface area contributed by atoms with Crippen LogP contribution in [0.25, 0.3) is 0 Å². The van der Waals surface area contributed by atoms with Crippen molar-refractivity contribution in [2.75, 3.05) is 13.4 Å². The highest BCUT2D eigenvalue weighted by molar-refractivity contribution is 5.86. The van der Waals surface area contributed by atoms with Crippen LogP contribution in [0.2, 0.25) is 0 Å². The molecule has 0 aliphatic carbocycles. The van der Waals surface area contributed by atoms with Gasteiger partial charge in [0.2, 0.25) is 6.79 Å². The molecule has 1 rings (SSSR count). The van der Waals surface area contributed by atoms with E-state index in [-0.39, 0.29) is 12.2 Å². The lowest BCUT2D eigenvalue weighted by molar-refractivity contribution is -0.150. The minimum absolute atomic E-state index is 0.167. The third-order valence-electron chi connectivity index (χ3n) is 1.51. The molecule has 0 amide bonds. The van der Waals surface area contributed by atoms with Crippen LogP contribution in [-0.2, 0) is 28.5 Å². The topological polar surface area (TPSA) is 97.4 Å². The van der Waals surface area contributed by atoms with Crippen LogP contribution in [0.3, 0.4) is 0 Å². The van der Waals surface area contributed by atoms with Crippen molar-refractivity contribution < 1.29 is 38.1 Å².